The van der Waals surface area contributed by atoms with Crippen molar-refractivity contribution >= 4 is 0 Å². The predicted octanol–water partition coefficient (Wildman–Crippen LogP) is 0.0134. The van der Waals surface area contributed by atoms with E-state index in [1.807, 2.05) is 0 Å². The van der Waals surface area contributed by atoms with Gasteiger partial charge in [-0.1, -0.05) is 0 Å². The fourth-order valence-electron chi connectivity index (χ4n) is 2.40. The van der Waals surface area contributed by atoms with Gasteiger partial charge in [0, 0.05) is 25.1 Å². The Morgan fingerprint density at radius 3 is 2.82 bits per heavy atom. The molecule has 3 nitrogen and oxygen atoms in total. The molecule has 2 rings (SSSR count). The second-order valence-electron chi connectivity index (χ2n) is 4.04. The topological polar surface area (TPSA) is 38.5 Å². The number of rotatable bonds is 0. The Labute approximate surface area is 67.5 Å². The highest BCUT2D eigenvalue weighted by Gasteiger charge is 2.43. The van der Waals surface area contributed by atoms with Crippen molar-refractivity contribution in [3.63, 3.8) is 0 Å². The van der Waals surface area contributed by atoms with Crippen LogP contribution in [-0.4, -0.2) is 37.9 Å². The van der Waals surface area contributed by atoms with Crippen LogP contribution in [0.15, 0.2) is 0 Å². The summed E-state index contributed by atoms with van der Waals surface area (Å²) >= 11 is 0. The van der Waals surface area contributed by atoms with Crippen LogP contribution < -0.4 is 5.73 Å². The highest BCUT2D eigenvalue weighted by Crippen LogP contribution is 2.39. The third kappa shape index (κ3) is 1.28. The molecular formula is C8H16N2O. The summed E-state index contributed by atoms with van der Waals surface area (Å²) in [5.41, 5.74) is 6.24. The van der Waals surface area contributed by atoms with E-state index in [4.69, 9.17) is 10.5 Å². The van der Waals surface area contributed by atoms with E-state index in [2.05, 4.69) is 11.9 Å². The van der Waals surface area contributed by atoms with E-state index in [1.165, 1.54) is 19.5 Å². The summed E-state index contributed by atoms with van der Waals surface area (Å²) in [6, 6.07) is 0. The first-order valence-corrected chi connectivity index (χ1v) is 4.26. The summed E-state index contributed by atoms with van der Waals surface area (Å²) in [5, 5.41) is 0. The lowest BCUT2D eigenvalue weighted by atomic mass is 9.73. The van der Waals surface area contributed by atoms with Crippen molar-refractivity contribution < 1.29 is 4.74 Å². The van der Waals surface area contributed by atoms with E-state index in [-0.39, 0.29) is 6.23 Å². The molecule has 2 fully saturated rings. The zero-order valence-electron chi connectivity index (χ0n) is 7.05. The summed E-state index contributed by atoms with van der Waals surface area (Å²) in [5.74, 6) is 0. The minimum absolute atomic E-state index is 0.00236. The Hall–Kier alpha value is -0.120. The maximum Gasteiger partial charge on any atom is 0.106 e. The van der Waals surface area contributed by atoms with Crippen molar-refractivity contribution in [3.05, 3.63) is 0 Å². The number of hydrogen-bond acceptors (Lipinski definition) is 3. The smallest absolute Gasteiger partial charge is 0.106 e. The molecule has 2 saturated heterocycles. The van der Waals surface area contributed by atoms with Crippen molar-refractivity contribution in [1.29, 1.82) is 0 Å². The summed E-state index contributed by atoms with van der Waals surface area (Å²) in [6.07, 6.45) is 2.25. The second kappa shape index (κ2) is 2.44. The Kier molecular flexibility index (Phi) is 1.67. The molecule has 11 heavy (non-hydrogen) atoms. The van der Waals surface area contributed by atoms with Crippen LogP contribution in [0, 0.1) is 5.41 Å². The molecule has 64 valence electrons. The Morgan fingerprint density at radius 1 is 1.55 bits per heavy atom. The highest BCUT2D eigenvalue weighted by atomic mass is 16.5. The lowest BCUT2D eigenvalue weighted by Gasteiger charge is -2.52. The van der Waals surface area contributed by atoms with Gasteiger partial charge in [-0.2, -0.15) is 0 Å². The molecule has 2 aliphatic rings. The molecule has 0 aromatic carbocycles. The number of likely N-dealkylation sites (tertiary alicyclic amines) is 1. The molecule has 3 heteroatoms. The summed E-state index contributed by atoms with van der Waals surface area (Å²) < 4.78 is 5.30. The summed E-state index contributed by atoms with van der Waals surface area (Å²) in [7, 11) is 2.16. The molecule has 2 heterocycles. The molecule has 1 unspecified atom stereocenters. The van der Waals surface area contributed by atoms with Gasteiger partial charge in [-0.25, -0.2) is 0 Å². The fraction of sp³-hybridized carbons (Fsp3) is 1.00. The first kappa shape index (κ1) is 7.53. The van der Waals surface area contributed by atoms with Crippen LogP contribution in [-0.2, 0) is 4.74 Å². The van der Waals surface area contributed by atoms with Crippen LogP contribution >= 0.6 is 0 Å². The maximum absolute atomic E-state index is 5.72. The van der Waals surface area contributed by atoms with E-state index in [0.29, 0.717) is 5.41 Å². The minimum atomic E-state index is -0.00236. The van der Waals surface area contributed by atoms with Gasteiger partial charge in [0.25, 0.3) is 0 Å². The average molecular weight is 156 g/mol. The molecular weight excluding hydrogens is 140 g/mol. The molecule has 0 aromatic heterocycles. The van der Waals surface area contributed by atoms with Crippen LogP contribution in [0.1, 0.15) is 12.8 Å². The quantitative estimate of drug-likeness (QED) is 0.537. The molecule has 0 aliphatic carbocycles. The van der Waals surface area contributed by atoms with Crippen molar-refractivity contribution in [3.8, 4) is 0 Å². The highest BCUT2D eigenvalue weighted by molar-refractivity contribution is 4.95. The van der Waals surface area contributed by atoms with Gasteiger partial charge in [-0.15, -0.1) is 0 Å². The van der Waals surface area contributed by atoms with Gasteiger partial charge in [-0.05, 0) is 19.9 Å². The number of hydrogen-bond donors (Lipinski definition) is 1. The van der Waals surface area contributed by atoms with E-state index >= 15 is 0 Å². The zero-order chi connectivity index (χ0) is 7.90. The summed E-state index contributed by atoms with van der Waals surface area (Å²) in [6.45, 7) is 3.28. The summed E-state index contributed by atoms with van der Waals surface area (Å²) in [4.78, 5) is 2.35. The third-order valence-corrected chi connectivity index (χ3v) is 2.81. The Morgan fingerprint density at radius 2 is 2.27 bits per heavy atom. The average Bonchev–Trinajstić information content (AvgIpc) is 1.84. The second-order valence-corrected chi connectivity index (χ2v) is 4.04. The maximum atomic E-state index is 5.72. The van der Waals surface area contributed by atoms with Gasteiger partial charge in [0.1, 0.15) is 6.23 Å². The lowest BCUT2D eigenvalue weighted by molar-refractivity contribution is -0.105. The molecule has 1 atom stereocenters. The van der Waals surface area contributed by atoms with Crippen LogP contribution in [0.25, 0.3) is 0 Å². The van der Waals surface area contributed by atoms with Crippen LogP contribution in [0.5, 0.6) is 0 Å². The molecule has 2 N–H and O–H groups in total. The van der Waals surface area contributed by atoms with E-state index in [0.717, 1.165) is 13.0 Å². The van der Waals surface area contributed by atoms with Crippen molar-refractivity contribution in [1.82, 2.24) is 4.90 Å². The fourth-order valence-corrected chi connectivity index (χ4v) is 2.40. The normalized spacial score (nSPS) is 37.1. The molecule has 0 aromatic rings. The largest absolute Gasteiger partial charge is 0.364 e. The number of ether oxygens (including phenoxy) is 1. The molecule has 1 spiro atoms. The number of nitrogens with two attached hydrogens (primary N) is 1. The van der Waals surface area contributed by atoms with E-state index < -0.39 is 0 Å². The third-order valence-electron chi connectivity index (χ3n) is 2.81. The molecule has 0 bridgehead atoms. The van der Waals surface area contributed by atoms with Crippen molar-refractivity contribution in [2.45, 2.75) is 19.1 Å². The van der Waals surface area contributed by atoms with Gasteiger partial charge in [0.2, 0.25) is 0 Å². The molecule has 0 saturated carbocycles. The minimum Gasteiger partial charge on any atom is -0.364 e. The Balaban J connectivity index is 1.93. The van der Waals surface area contributed by atoms with Crippen molar-refractivity contribution in [2.75, 3.05) is 26.7 Å². The van der Waals surface area contributed by atoms with Gasteiger partial charge >= 0.3 is 0 Å². The predicted molar refractivity (Wildman–Crippen MR) is 43.1 cm³/mol. The first-order valence-electron chi connectivity index (χ1n) is 4.26. The van der Waals surface area contributed by atoms with Gasteiger partial charge < -0.3 is 15.4 Å². The van der Waals surface area contributed by atoms with Crippen LogP contribution in [0.3, 0.4) is 0 Å². The standard InChI is InChI=1S/C8H16N2O/c1-10-5-8(6-10)2-3-11-7(9)4-8/h7H,2-6,9H2,1H3. The van der Waals surface area contributed by atoms with Crippen LogP contribution in [0.4, 0.5) is 0 Å². The Bertz CT molecular complexity index is 149. The van der Waals surface area contributed by atoms with Crippen LogP contribution in [0.2, 0.25) is 0 Å². The molecule has 0 radical (unpaired) electrons. The monoisotopic (exact) mass is 156 g/mol. The molecule has 2 aliphatic heterocycles. The van der Waals surface area contributed by atoms with E-state index in [9.17, 15) is 0 Å². The van der Waals surface area contributed by atoms with Gasteiger partial charge in [-0.3, -0.25) is 0 Å². The number of nitrogens with zero attached hydrogens (tertiary/aromatic N) is 1. The molecule has 0 amide bonds. The SMILES string of the molecule is CN1CC2(CCOC(N)C2)C1. The van der Waals surface area contributed by atoms with Crippen molar-refractivity contribution in [2.24, 2.45) is 11.1 Å². The van der Waals surface area contributed by atoms with Gasteiger partial charge in [0.15, 0.2) is 0 Å². The lowest BCUT2D eigenvalue weighted by Crippen LogP contribution is -2.59. The van der Waals surface area contributed by atoms with Gasteiger partial charge in [0.05, 0.1) is 0 Å². The zero-order valence-corrected chi connectivity index (χ0v) is 7.05. The van der Waals surface area contributed by atoms with E-state index in [1.54, 1.807) is 0 Å². The first-order chi connectivity index (χ1) is 5.20.